The summed E-state index contributed by atoms with van der Waals surface area (Å²) < 4.78 is 5.77. The van der Waals surface area contributed by atoms with E-state index in [0.717, 1.165) is 31.2 Å². The minimum absolute atomic E-state index is 0.403. The molecule has 1 aromatic carbocycles. The number of nitrogens with two attached hydrogens (primary N) is 1. The van der Waals surface area contributed by atoms with Gasteiger partial charge < -0.3 is 10.5 Å². The van der Waals surface area contributed by atoms with Crippen molar-refractivity contribution in [2.45, 2.75) is 45.4 Å². The van der Waals surface area contributed by atoms with Gasteiger partial charge in [-0.05, 0) is 62.1 Å². The highest BCUT2D eigenvalue weighted by Crippen LogP contribution is 2.45. The Morgan fingerprint density at radius 3 is 2.74 bits per heavy atom. The van der Waals surface area contributed by atoms with Gasteiger partial charge in [-0.25, -0.2) is 0 Å². The van der Waals surface area contributed by atoms with Gasteiger partial charge in [-0.1, -0.05) is 31.5 Å². The van der Waals surface area contributed by atoms with Gasteiger partial charge in [0.05, 0.1) is 6.61 Å². The van der Waals surface area contributed by atoms with Crippen LogP contribution in [0.3, 0.4) is 0 Å². The summed E-state index contributed by atoms with van der Waals surface area (Å²) in [4.78, 5) is 0. The summed E-state index contributed by atoms with van der Waals surface area (Å²) in [5.74, 6) is 1.88. The highest BCUT2D eigenvalue weighted by atomic mass is 16.5. The third-order valence-electron chi connectivity index (χ3n) is 4.68. The van der Waals surface area contributed by atoms with E-state index in [-0.39, 0.29) is 0 Å². The largest absolute Gasteiger partial charge is 0.494 e. The van der Waals surface area contributed by atoms with Gasteiger partial charge >= 0.3 is 0 Å². The summed E-state index contributed by atoms with van der Waals surface area (Å²) >= 11 is 0. The molecule has 0 radical (unpaired) electrons. The van der Waals surface area contributed by atoms with Crippen LogP contribution in [0, 0.1) is 11.3 Å². The predicted octanol–water partition coefficient (Wildman–Crippen LogP) is 4.00. The van der Waals surface area contributed by atoms with Crippen molar-refractivity contribution < 1.29 is 4.74 Å². The Kier molecular flexibility index (Phi) is 5.26. The fourth-order valence-electron chi connectivity index (χ4n) is 3.34. The van der Waals surface area contributed by atoms with Gasteiger partial charge in [0.15, 0.2) is 0 Å². The molecule has 0 bridgehead atoms. The Morgan fingerprint density at radius 1 is 1.32 bits per heavy atom. The quantitative estimate of drug-likeness (QED) is 0.753. The molecule has 19 heavy (non-hydrogen) atoms. The highest BCUT2D eigenvalue weighted by molar-refractivity contribution is 5.20. The van der Waals surface area contributed by atoms with Crippen LogP contribution in [0.1, 0.15) is 45.4 Å². The number of ether oxygens (including phenoxy) is 1. The van der Waals surface area contributed by atoms with Crippen LogP contribution in [-0.4, -0.2) is 13.2 Å². The van der Waals surface area contributed by atoms with Crippen LogP contribution < -0.4 is 10.5 Å². The zero-order chi connectivity index (χ0) is 13.6. The first-order chi connectivity index (χ1) is 9.28. The molecule has 0 spiro atoms. The number of benzene rings is 1. The van der Waals surface area contributed by atoms with Gasteiger partial charge in [0.1, 0.15) is 5.75 Å². The maximum absolute atomic E-state index is 6.04. The van der Waals surface area contributed by atoms with E-state index >= 15 is 0 Å². The summed E-state index contributed by atoms with van der Waals surface area (Å²) in [6, 6.07) is 10.1. The summed E-state index contributed by atoms with van der Waals surface area (Å²) in [6.45, 7) is 3.95. The highest BCUT2D eigenvalue weighted by Gasteiger charge is 2.36. The molecule has 0 heterocycles. The third-order valence-corrected chi connectivity index (χ3v) is 4.68. The van der Waals surface area contributed by atoms with Gasteiger partial charge in [-0.15, -0.1) is 0 Å². The van der Waals surface area contributed by atoms with Crippen LogP contribution in [0.25, 0.3) is 0 Å². The van der Waals surface area contributed by atoms with Crippen molar-refractivity contribution in [3.8, 4) is 5.75 Å². The van der Waals surface area contributed by atoms with Gasteiger partial charge in [-0.2, -0.15) is 0 Å². The summed E-state index contributed by atoms with van der Waals surface area (Å²) in [5.41, 5.74) is 6.44. The van der Waals surface area contributed by atoms with Gasteiger partial charge in [0, 0.05) is 0 Å². The first-order valence-electron chi connectivity index (χ1n) is 7.66. The van der Waals surface area contributed by atoms with E-state index in [0.29, 0.717) is 5.41 Å². The Hall–Kier alpha value is -1.02. The molecule has 1 aromatic rings. The molecular formula is C17H27NO. The topological polar surface area (TPSA) is 35.2 Å². The van der Waals surface area contributed by atoms with Crippen molar-refractivity contribution >= 4 is 0 Å². The minimum atomic E-state index is 0.403. The smallest absolute Gasteiger partial charge is 0.119 e. The molecule has 1 aliphatic carbocycles. The maximum Gasteiger partial charge on any atom is 0.119 e. The van der Waals surface area contributed by atoms with Crippen LogP contribution in [0.15, 0.2) is 30.3 Å². The minimum Gasteiger partial charge on any atom is -0.494 e. The molecule has 0 amide bonds. The molecule has 2 heteroatoms. The van der Waals surface area contributed by atoms with Crippen LogP contribution in [0.4, 0.5) is 0 Å². The number of hydrogen-bond donors (Lipinski definition) is 1. The third kappa shape index (κ3) is 3.97. The van der Waals surface area contributed by atoms with Gasteiger partial charge in [-0.3, -0.25) is 0 Å². The van der Waals surface area contributed by atoms with Crippen molar-refractivity contribution in [1.29, 1.82) is 0 Å². The molecule has 106 valence electrons. The van der Waals surface area contributed by atoms with E-state index < -0.39 is 0 Å². The van der Waals surface area contributed by atoms with E-state index in [9.17, 15) is 0 Å². The summed E-state index contributed by atoms with van der Waals surface area (Å²) in [7, 11) is 0. The average Bonchev–Trinajstić information content (AvgIpc) is 2.89. The van der Waals surface area contributed by atoms with Crippen molar-refractivity contribution in [2.24, 2.45) is 17.1 Å². The SMILES string of the molecule is CCC1CCC(CN)(CCCOc2ccccc2)C1. The lowest BCUT2D eigenvalue weighted by atomic mass is 9.80. The van der Waals surface area contributed by atoms with Crippen molar-refractivity contribution in [3.05, 3.63) is 30.3 Å². The van der Waals surface area contributed by atoms with Crippen molar-refractivity contribution in [3.63, 3.8) is 0 Å². The number of rotatable bonds is 7. The molecule has 0 saturated heterocycles. The molecule has 2 rings (SSSR count). The Morgan fingerprint density at radius 2 is 2.11 bits per heavy atom. The maximum atomic E-state index is 6.04. The molecule has 1 aliphatic rings. The Labute approximate surface area is 117 Å². The van der Waals surface area contributed by atoms with Gasteiger partial charge in [0.25, 0.3) is 0 Å². The first-order valence-corrected chi connectivity index (χ1v) is 7.66. The van der Waals surface area contributed by atoms with E-state index in [1.807, 2.05) is 30.3 Å². The lowest BCUT2D eigenvalue weighted by Crippen LogP contribution is -2.28. The number of para-hydroxylation sites is 1. The second kappa shape index (κ2) is 6.95. The molecule has 1 saturated carbocycles. The van der Waals surface area contributed by atoms with Crippen LogP contribution in [0.5, 0.6) is 5.75 Å². The standard InChI is InChI=1S/C17H27NO/c1-2-15-9-11-17(13-15,14-18)10-6-12-19-16-7-4-3-5-8-16/h3-5,7-8,15H,2,6,9-14,18H2,1H3. The second-order valence-electron chi connectivity index (χ2n) is 5.99. The average molecular weight is 261 g/mol. The molecule has 2 atom stereocenters. The van der Waals surface area contributed by atoms with Crippen LogP contribution in [0.2, 0.25) is 0 Å². The number of hydrogen-bond acceptors (Lipinski definition) is 2. The predicted molar refractivity (Wildman–Crippen MR) is 80.3 cm³/mol. The van der Waals surface area contributed by atoms with E-state index in [1.165, 1.54) is 32.1 Å². The lowest BCUT2D eigenvalue weighted by molar-refractivity contribution is 0.225. The normalized spacial score (nSPS) is 26.5. The summed E-state index contributed by atoms with van der Waals surface area (Å²) in [6.07, 6.45) is 7.64. The summed E-state index contributed by atoms with van der Waals surface area (Å²) in [5, 5.41) is 0. The van der Waals surface area contributed by atoms with E-state index in [1.54, 1.807) is 0 Å². The Bertz CT molecular complexity index is 365. The van der Waals surface area contributed by atoms with E-state index in [4.69, 9.17) is 10.5 Å². The molecule has 2 nitrogen and oxygen atoms in total. The molecular weight excluding hydrogens is 234 g/mol. The fraction of sp³-hybridized carbons (Fsp3) is 0.647. The zero-order valence-corrected chi connectivity index (χ0v) is 12.1. The van der Waals surface area contributed by atoms with Gasteiger partial charge in [0.2, 0.25) is 0 Å². The van der Waals surface area contributed by atoms with Crippen molar-refractivity contribution in [2.75, 3.05) is 13.2 Å². The monoisotopic (exact) mass is 261 g/mol. The Balaban J connectivity index is 1.72. The molecule has 2 N–H and O–H groups in total. The lowest BCUT2D eigenvalue weighted by Gasteiger charge is -2.27. The van der Waals surface area contributed by atoms with Crippen molar-refractivity contribution in [1.82, 2.24) is 0 Å². The second-order valence-corrected chi connectivity index (χ2v) is 5.99. The first kappa shape index (κ1) is 14.4. The fourth-order valence-corrected chi connectivity index (χ4v) is 3.34. The van der Waals surface area contributed by atoms with E-state index in [2.05, 4.69) is 6.92 Å². The van der Waals surface area contributed by atoms with Crippen LogP contribution >= 0.6 is 0 Å². The van der Waals surface area contributed by atoms with Crippen LogP contribution in [-0.2, 0) is 0 Å². The molecule has 1 fully saturated rings. The molecule has 2 unspecified atom stereocenters. The zero-order valence-electron chi connectivity index (χ0n) is 12.1. The molecule has 0 aliphatic heterocycles. The molecule has 0 aromatic heterocycles.